The summed E-state index contributed by atoms with van der Waals surface area (Å²) in [6.07, 6.45) is 1.88. The first-order valence-electron chi connectivity index (χ1n) is 4.18. The zero-order valence-electron chi connectivity index (χ0n) is 8.18. The van der Waals surface area contributed by atoms with E-state index in [0.717, 1.165) is 5.69 Å². The summed E-state index contributed by atoms with van der Waals surface area (Å²) in [6, 6.07) is 4.08. The molecule has 0 bridgehead atoms. The highest BCUT2D eigenvalue weighted by Crippen LogP contribution is 2.06. The molecular weight excluding hydrogens is 148 g/mol. The average molecular weight is 164 g/mol. The van der Waals surface area contributed by atoms with E-state index in [9.17, 15) is 0 Å². The van der Waals surface area contributed by atoms with Gasteiger partial charge in [-0.2, -0.15) is 0 Å². The third-order valence-electron chi connectivity index (χ3n) is 1.45. The van der Waals surface area contributed by atoms with Crippen molar-refractivity contribution in [3.8, 4) is 0 Å². The van der Waals surface area contributed by atoms with Crippen molar-refractivity contribution in [3.63, 3.8) is 0 Å². The van der Waals surface area contributed by atoms with Gasteiger partial charge in [0.15, 0.2) is 0 Å². The Bertz CT molecular complexity index is 276. The summed E-state index contributed by atoms with van der Waals surface area (Å²) in [6.45, 7) is 8.28. The highest BCUT2D eigenvalue weighted by atomic mass is 14.8. The van der Waals surface area contributed by atoms with Gasteiger partial charge in [-0.05, 0) is 39.8 Å². The molecule has 0 aliphatic heterocycles. The highest BCUT2D eigenvalue weighted by Gasteiger charge is 2.04. The lowest BCUT2D eigenvalue weighted by Crippen LogP contribution is -2.09. The molecule has 12 heavy (non-hydrogen) atoms. The van der Waals surface area contributed by atoms with Gasteiger partial charge in [0, 0.05) is 11.9 Å². The van der Waals surface area contributed by atoms with Crippen LogP contribution in [0.2, 0.25) is 0 Å². The minimum Gasteiger partial charge on any atom is -0.358 e. The molecule has 0 unspecified atom stereocenters. The van der Waals surface area contributed by atoms with Crippen LogP contribution in [0.4, 0.5) is 0 Å². The third-order valence-corrected chi connectivity index (χ3v) is 1.45. The SMILES string of the molecule is Cc1ccc(C=NC(C)(C)C)[nH]1. The Morgan fingerprint density at radius 3 is 2.42 bits per heavy atom. The molecule has 1 N–H and O–H groups in total. The number of aromatic nitrogens is 1. The van der Waals surface area contributed by atoms with Gasteiger partial charge in [-0.1, -0.05) is 0 Å². The van der Waals surface area contributed by atoms with Crippen LogP contribution in [-0.4, -0.2) is 16.7 Å². The van der Waals surface area contributed by atoms with Crippen molar-refractivity contribution in [1.82, 2.24) is 4.98 Å². The molecular formula is C10H16N2. The summed E-state index contributed by atoms with van der Waals surface area (Å²) < 4.78 is 0. The van der Waals surface area contributed by atoms with Crippen LogP contribution in [0.15, 0.2) is 17.1 Å². The highest BCUT2D eigenvalue weighted by molar-refractivity contribution is 5.77. The molecule has 2 nitrogen and oxygen atoms in total. The van der Waals surface area contributed by atoms with E-state index in [2.05, 4.69) is 30.7 Å². The summed E-state index contributed by atoms with van der Waals surface area (Å²) in [5.41, 5.74) is 2.26. The molecule has 0 saturated heterocycles. The van der Waals surface area contributed by atoms with Gasteiger partial charge in [0.1, 0.15) is 0 Å². The minimum atomic E-state index is 0.0129. The van der Waals surface area contributed by atoms with Gasteiger partial charge < -0.3 is 4.98 Å². The lowest BCUT2D eigenvalue weighted by molar-refractivity contribution is 0.586. The van der Waals surface area contributed by atoms with Crippen molar-refractivity contribution in [2.24, 2.45) is 4.99 Å². The number of nitrogens with one attached hydrogen (secondary N) is 1. The lowest BCUT2D eigenvalue weighted by Gasteiger charge is -2.09. The van der Waals surface area contributed by atoms with Crippen LogP contribution < -0.4 is 0 Å². The molecule has 0 aliphatic rings. The van der Waals surface area contributed by atoms with Crippen molar-refractivity contribution >= 4 is 6.21 Å². The van der Waals surface area contributed by atoms with E-state index in [-0.39, 0.29) is 5.54 Å². The number of rotatable bonds is 1. The Morgan fingerprint density at radius 1 is 1.33 bits per heavy atom. The van der Waals surface area contributed by atoms with Crippen molar-refractivity contribution in [2.75, 3.05) is 0 Å². The fraction of sp³-hybridized carbons (Fsp3) is 0.500. The summed E-state index contributed by atoms with van der Waals surface area (Å²) in [5, 5.41) is 0. The lowest BCUT2D eigenvalue weighted by atomic mass is 10.1. The second-order valence-corrected chi connectivity index (χ2v) is 4.03. The predicted molar refractivity (Wildman–Crippen MR) is 52.9 cm³/mol. The molecule has 0 atom stereocenters. The smallest absolute Gasteiger partial charge is 0.0564 e. The number of nitrogens with zero attached hydrogens (tertiary/aromatic N) is 1. The van der Waals surface area contributed by atoms with E-state index in [4.69, 9.17) is 0 Å². The number of aryl methyl sites for hydroxylation is 1. The molecule has 1 aromatic rings. The van der Waals surface area contributed by atoms with Gasteiger partial charge in [0.2, 0.25) is 0 Å². The van der Waals surface area contributed by atoms with Crippen molar-refractivity contribution in [1.29, 1.82) is 0 Å². The van der Waals surface area contributed by atoms with Gasteiger partial charge in [-0.3, -0.25) is 4.99 Å². The summed E-state index contributed by atoms with van der Waals surface area (Å²) in [7, 11) is 0. The number of hydrogen-bond acceptors (Lipinski definition) is 1. The second kappa shape index (κ2) is 3.13. The molecule has 0 radical (unpaired) electrons. The monoisotopic (exact) mass is 164 g/mol. The average Bonchev–Trinajstić information content (AvgIpc) is 2.30. The molecule has 66 valence electrons. The quantitative estimate of drug-likeness (QED) is 0.618. The summed E-state index contributed by atoms with van der Waals surface area (Å²) >= 11 is 0. The number of H-pyrrole nitrogens is 1. The van der Waals surface area contributed by atoms with Gasteiger partial charge in [0.05, 0.1) is 11.2 Å². The van der Waals surface area contributed by atoms with E-state index in [1.165, 1.54) is 5.69 Å². The molecule has 0 fully saturated rings. The molecule has 0 amide bonds. The molecule has 0 spiro atoms. The Hall–Kier alpha value is -1.05. The first-order chi connectivity index (χ1) is 5.47. The molecule has 0 aromatic carbocycles. The minimum absolute atomic E-state index is 0.0129. The number of hydrogen-bond donors (Lipinski definition) is 1. The van der Waals surface area contributed by atoms with E-state index in [0.29, 0.717) is 0 Å². The van der Waals surface area contributed by atoms with Crippen molar-refractivity contribution in [2.45, 2.75) is 33.2 Å². The summed E-state index contributed by atoms with van der Waals surface area (Å²) in [5.74, 6) is 0. The van der Waals surface area contributed by atoms with Crippen LogP contribution in [0.1, 0.15) is 32.2 Å². The fourth-order valence-electron chi connectivity index (χ4n) is 0.864. The van der Waals surface area contributed by atoms with Crippen molar-refractivity contribution in [3.05, 3.63) is 23.5 Å². The van der Waals surface area contributed by atoms with Gasteiger partial charge in [0.25, 0.3) is 0 Å². The van der Waals surface area contributed by atoms with Crippen LogP contribution in [0.5, 0.6) is 0 Å². The Balaban J connectivity index is 2.70. The van der Waals surface area contributed by atoms with Crippen LogP contribution in [-0.2, 0) is 0 Å². The second-order valence-electron chi connectivity index (χ2n) is 4.03. The molecule has 1 rings (SSSR count). The van der Waals surface area contributed by atoms with Crippen molar-refractivity contribution < 1.29 is 0 Å². The number of aliphatic imine (C=N–C) groups is 1. The summed E-state index contributed by atoms with van der Waals surface area (Å²) in [4.78, 5) is 7.58. The van der Waals surface area contributed by atoms with E-state index >= 15 is 0 Å². The van der Waals surface area contributed by atoms with Gasteiger partial charge in [-0.25, -0.2) is 0 Å². The first-order valence-corrected chi connectivity index (χ1v) is 4.18. The zero-order chi connectivity index (χ0) is 9.19. The van der Waals surface area contributed by atoms with E-state index in [1.807, 2.05) is 25.3 Å². The molecule has 2 heteroatoms. The van der Waals surface area contributed by atoms with Gasteiger partial charge in [-0.15, -0.1) is 0 Å². The van der Waals surface area contributed by atoms with Crippen LogP contribution in [0.25, 0.3) is 0 Å². The standard InChI is InChI=1S/C10H16N2/c1-8-5-6-9(12-8)7-11-10(2,3)4/h5-7,12H,1-4H3. The first kappa shape index (κ1) is 9.04. The van der Waals surface area contributed by atoms with E-state index in [1.54, 1.807) is 0 Å². The predicted octanol–water partition coefficient (Wildman–Crippen LogP) is 2.54. The normalized spacial score (nSPS) is 12.7. The van der Waals surface area contributed by atoms with E-state index < -0.39 is 0 Å². The molecule has 0 saturated carbocycles. The third kappa shape index (κ3) is 2.91. The Labute approximate surface area is 73.7 Å². The molecule has 0 aliphatic carbocycles. The Kier molecular flexibility index (Phi) is 2.36. The maximum Gasteiger partial charge on any atom is 0.0564 e. The zero-order valence-corrected chi connectivity index (χ0v) is 8.18. The Morgan fingerprint density at radius 2 is 2.00 bits per heavy atom. The fourth-order valence-corrected chi connectivity index (χ4v) is 0.864. The van der Waals surface area contributed by atoms with Crippen LogP contribution in [0, 0.1) is 6.92 Å². The number of aromatic amines is 1. The maximum absolute atomic E-state index is 4.38. The largest absolute Gasteiger partial charge is 0.358 e. The topological polar surface area (TPSA) is 28.1 Å². The van der Waals surface area contributed by atoms with Crippen LogP contribution >= 0.6 is 0 Å². The molecule has 1 heterocycles. The maximum atomic E-state index is 4.38. The molecule has 1 aromatic heterocycles. The van der Waals surface area contributed by atoms with Gasteiger partial charge >= 0.3 is 0 Å². The van der Waals surface area contributed by atoms with Crippen LogP contribution in [0.3, 0.4) is 0 Å².